The highest BCUT2D eigenvalue weighted by Crippen LogP contribution is 2.31. The lowest BCUT2D eigenvalue weighted by molar-refractivity contribution is 0.297. The number of nitrogens with one attached hydrogen (secondary N) is 1. The lowest BCUT2D eigenvalue weighted by Crippen LogP contribution is -2.01. The van der Waals surface area contributed by atoms with Crippen LogP contribution in [-0.2, 0) is 13.7 Å². The second-order valence-electron chi connectivity index (χ2n) is 7.43. The van der Waals surface area contributed by atoms with Crippen LogP contribution in [0.2, 0.25) is 0 Å². The van der Waals surface area contributed by atoms with E-state index >= 15 is 0 Å². The summed E-state index contributed by atoms with van der Waals surface area (Å²) in [5.41, 5.74) is 4.90. The topological polar surface area (TPSA) is 77.8 Å². The summed E-state index contributed by atoms with van der Waals surface area (Å²) in [5.74, 6) is 2.23. The highest BCUT2D eigenvalue weighted by molar-refractivity contribution is 5.94. The van der Waals surface area contributed by atoms with Gasteiger partial charge in [-0.15, -0.1) is 0 Å². The first-order valence-corrected chi connectivity index (χ1v) is 10.3. The van der Waals surface area contributed by atoms with Gasteiger partial charge in [0, 0.05) is 37.4 Å². The molecule has 0 bridgehead atoms. The molecule has 1 N–H and O–H groups in total. The predicted molar refractivity (Wildman–Crippen MR) is 125 cm³/mol. The first-order valence-electron chi connectivity index (χ1n) is 10.3. The Morgan fingerprint density at radius 2 is 1.78 bits per heavy atom. The lowest BCUT2D eigenvalue weighted by atomic mass is 10.0. The average molecular weight is 422 g/mol. The minimum absolute atomic E-state index is 0.465. The molecule has 158 valence electrons. The molecule has 0 radical (unpaired) electrons. The van der Waals surface area contributed by atoms with Gasteiger partial charge in [-0.05, 0) is 47.5 Å². The second kappa shape index (κ2) is 8.47. The summed E-state index contributed by atoms with van der Waals surface area (Å²) >= 11 is 0. The van der Waals surface area contributed by atoms with Crippen molar-refractivity contribution >= 4 is 16.7 Å². The fourth-order valence-corrected chi connectivity index (χ4v) is 3.57. The summed E-state index contributed by atoms with van der Waals surface area (Å²) in [7, 11) is 3.83. The van der Waals surface area contributed by atoms with Gasteiger partial charge in [0.1, 0.15) is 18.2 Å². The van der Waals surface area contributed by atoms with E-state index in [-0.39, 0.29) is 0 Å². The monoisotopic (exact) mass is 422 g/mol. The Labute approximate surface area is 185 Å². The normalized spacial score (nSPS) is 10.9. The van der Waals surface area contributed by atoms with Gasteiger partial charge in [0.25, 0.3) is 0 Å². The second-order valence-corrected chi connectivity index (χ2v) is 7.43. The van der Waals surface area contributed by atoms with E-state index in [1.807, 2.05) is 61.3 Å². The number of benzene rings is 2. The van der Waals surface area contributed by atoms with Crippen molar-refractivity contribution in [3.63, 3.8) is 0 Å². The smallest absolute Gasteiger partial charge is 0.163 e. The Morgan fingerprint density at radius 3 is 2.56 bits per heavy atom. The third kappa shape index (κ3) is 3.88. The molecule has 0 spiro atoms. The standard InChI is InChI=1S/C25H22N6O/c1-26-25-22-12-18(8-9-23(22)29-24(30-25)19-6-4-10-27-13-19)17-5-3-7-21(11-17)32-15-20-14-28-16-31(20)2/h3-14,16H,15H2,1-2H3,(H,26,29,30). The van der Waals surface area contributed by atoms with E-state index in [0.717, 1.165) is 44.9 Å². The van der Waals surface area contributed by atoms with Crippen molar-refractivity contribution < 1.29 is 4.74 Å². The Bertz CT molecular complexity index is 1380. The molecular weight excluding hydrogens is 400 g/mol. The predicted octanol–water partition coefficient (Wildman–Crippen LogP) is 4.71. The van der Waals surface area contributed by atoms with Crippen LogP contribution in [-0.4, -0.2) is 31.6 Å². The van der Waals surface area contributed by atoms with E-state index in [4.69, 9.17) is 14.7 Å². The Balaban J connectivity index is 1.47. The van der Waals surface area contributed by atoms with Crippen molar-refractivity contribution in [2.24, 2.45) is 7.05 Å². The molecule has 0 atom stereocenters. The van der Waals surface area contributed by atoms with E-state index in [1.165, 1.54) is 0 Å². The highest BCUT2D eigenvalue weighted by Gasteiger charge is 2.11. The summed E-state index contributed by atoms with van der Waals surface area (Å²) in [6.07, 6.45) is 7.09. The number of imidazole rings is 1. The Morgan fingerprint density at radius 1 is 0.906 bits per heavy atom. The molecule has 0 fully saturated rings. The van der Waals surface area contributed by atoms with Crippen LogP contribution < -0.4 is 10.1 Å². The Hall–Kier alpha value is -4.26. The lowest BCUT2D eigenvalue weighted by Gasteiger charge is -2.11. The summed E-state index contributed by atoms with van der Waals surface area (Å²) in [4.78, 5) is 17.8. The van der Waals surface area contributed by atoms with Gasteiger partial charge in [0.2, 0.25) is 0 Å². The SMILES string of the molecule is CNc1nc(-c2cccnc2)nc2ccc(-c3cccc(OCc4cncn4C)c3)cc12. The molecule has 0 unspecified atom stereocenters. The maximum Gasteiger partial charge on any atom is 0.163 e. The molecule has 0 aliphatic rings. The molecule has 2 aromatic carbocycles. The minimum atomic E-state index is 0.465. The molecule has 0 saturated carbocycles. The summed E-state index contributed by atoms with van der Waals surface area (Å²) in [5, 5.41) is 4.16. The van der Waals surface area contributed by atoms with Crippen LogP contribution in [0, 0.1) is 0 Å². The molecular formula is C25H22N6O. The van der Waals surface area contributed by atoms with Crippen LogP contribution in [0.5, 0.6) is 5.75 Å². The molecule has 0 aliphatic carbocycles. The number of rotatable bonds is 6. The van der Waals surface area contributed by atoms with Crippen molar-refractivity contribution in [1.29, 1.82) is 0 Å². The third-order valence-corrected chi connectivity index (χ3v) is 5.32. The quantitative estimate of drug-likeness (QED) is 0.427. The largest absolute Gasteiger partial charge is 0.487 e. The molecule has 0 saturated heterocycles. The first kappa shape index (κ1) is 19.7. The van der Waals surface area contributed by atoms with E-state index in [1.54, 1.807) is 18.7 Å². The number of ether oxygens (including phenoxy) is 1. The van der Waals surface area contributed by atoms with Gasteiger partial charge < -0.3 is 14.6 Å². The molecule has 0 amide bonds. The maximum atomic E-state index is 5.99. The van der Waals surface area contributed by atoms with E-state index in [2.05, 4.69) is 33.5 Å². The molecule has 32 heavy (non-hydrogen) atoms. The number of hydrogen-bond donors (Lipinski definition) is 1. The van der Waals surface area contributed by atoms with Gasteiger partial charge in [0.05, 0.1) is 23.7 Å². The number of anilines is 1. The zero-order valence-electron chi connectivity index (χ0n) is 17.9. The summed E-state index contributed by atoms with van der Waals surface area (Å²) in [6.45, 7) is 0.465. The van der Waals surface area contributed by atoms with E-state index < -0.39 is 0 Å². The molecule has 7 heteroatoms. The van der Waals surface area contributed by atoms with Crippen LogP contribution in [0.1, 0.15) is 5.69 Å². The van der Waals surface area contributed by atoms with Gasteiger partial charge in [-0.1, -0.05) is 18.2 Å². The fourth-order valence-electron chi connectivity index (χ4n) is 3.57. The van der Waals surface area contributed by atoms with Crippen LogP contribution >= 0.6 is 0 Å². The maximum absolute atomic E-state index is 5.99. The summed E-state index contributed by atoms with van der Waals surface area (Å²) in [6, 6.07) is 18.1. The van der Waals surface area contributed by atoms with Gasteiger partial charge in [-0.3, -0.25) is 4.98 Å². The van der Waals surface area contributed by atoms with Crippen LogP contribution in [0.15, 0.2) is 79.5 Å². The third-order valence-electron chi connectivity index (χ3n) is 5.32. The van der Waals surface area contributed by atoms with Gasteiger partial charge >= 0.3 is 0 Å². The van der Waals surface area contributed by atoms with E-state index in [9.17, 15) is 0 Å². The zero-order valence-corrected chi connectivity index (χ0v) is 17.9. The van der Waals surface area contributed by atoms with E-state index in [0.29, 0.717) is 12.4 Å². The number of pyridine rings is 1. The highest BCUT2D eigenvalue weighted by atomic mass is 16.5. The molecule has 5 rings (SSSR count). The van der Waals surface area contributed by atoms with Crippen LogP contribution in [0.3, 0.4) is 0 Å². The molecule has 3 heterocycles. The number of aryl methyl sites for hydroxylation is 1. The molecule has 7 nitrogen and oxygen atoms in total. The molecule has 3 aromatic heterocycles. The van der Waals surface area contributed by atoms with Crippen LogP contribution in [0.25, 0.3) is 33.4 Å². The summed E-state index contributed by atoms with van der Waals surface area (Å²) < 4.78 is 7.94. The van der Waals surface area contributed by atoms with Gasteiger partial charge in [-0.2, -0.15) is 0 Å². The average Bonchev–Trinajstić information content (AvgIpc) is 3.27. The minimum Gasteiger partial charge on any atom is -0.487 e. The zero-order chi connectivity index (χ0) is 21.9. The van der Waals surface area contributed by atoms with Gasteiger partial charge in [0.15, 0.2) is 5.82 Å². The number of aromatic nitrogens is 5. The fraction of sp³-hybridized carbons (Fsp3) is 0.120. The van der Waals surface area contributed by atoms with Crippen molar-refractivity contribution in [2.45, 2.75) is 6.61 Å². The number of hydrogen-bond acceptors (Lipinski definition) is 6. The van der Waals surface area contributed by atoms with Crippen molar-refractivity contribution in [2.75, 3.05) is 12.4 Å². The van der Waals surface area contributed by atoms with Crippen LogP contribution in [0.4, 0.5) is 5.82 Å². The van der Waals surface area contributed by atoms with Crippen molar-refractivity contribution in [1.82, 2.24) is 24.5 Å². The van der Waals surface area contributed by atoms with Crippen molar-refractivity contribution in [3.8, 4) is 28.3 Å². The molecule has 5 aromatic rings. The van der Waals surface area contributed by atoms with Gasteiger partial charge in [-0.25, -0.2) is 15.0 Å². The first-order chi connectivity index (χ1) is 15.7. The molecule has 0 aliphatic heterocycles. The number of fused-ring (bicyclic) bond motifs is 1. The Kier molecular flexibility index (Phi) is 5.21. The van der Waals surface area contributed by atoms with Crippen molar-refractivity contribution in [3.05, 3.63) is 85.2 Å². The number of nitrogens with zero attached hydrogens (tertiary/aromatic N) is 5.